The van der Waals surface area contributed by atoms with E-state index in [0.29, 0.717) is 0 Å². The summed E-state index contributed by atoms with van der Waals surface area (Å²) in [4.78, 5) is 0. The molecule has 0 saturated heterocycles. The molecule has 0 bridgehead atoms. The Hall–Kier alpha value is -0.405. The first-order valence-corrected chi connectivity index (χ1v) is 5.97. The number of hydrogen-bond acceptors (Lipinski definition) is 2. The van der Waals surface area contributed by atoms with Crippen LogP contribution in [0.3, 0.4) is 0 Å². The Morgan fingerprint density at radius 3 is 2.00 bits per heavy atom. The van der Waals surface area contributed by atoms with Crippen LogP contribution in [-0.4, -0.2) is 17.8 Å². The van der Waals surface area contributed by atoms with E-state index in [9.17, 15) is 0 Å². The Labute approximate surface area is 105 Å². The van der Waals surface area contributed by atoms with Gasteiger partial charge in [0.25, 0.3) is 0 Å². The monoisotopic (exact) mass is 235 g/mol. The van der Waals surface area contributed by atoms with Crippen molar-refractivity contribution in [2.45, 2.75) is 45.0 Å². The minimum absolute atomic E-state index is 0.186. The highest BCUT2D eigenvalue weighted by atomic mass is 32.1. The number of thiol groups is 1. The zero-order valence-corrected chi connectivity index (χ0v) is 11.6. The van der Waals surface area contributed by atoms with Crippen molar-refractivity contribution < 1.29 is 4.65 Å². The van der Waals surface area contributed by atoms with Crippen LogP contribution in [0.2, 0.25) is 0 Å². The predicted molar refractivity (Wildman–Crippen MR) is 74.8 cm³/mol. The molecule has 0 aromatic heterocycles. The van der Waals surface area contributed by atoms with Crippen LogP contribution < -0.4 is 5.46 Å². The first-order valence-electron chi connectivity index (χ1n) is 5.52. The smallest absolute Gasteiger partial charge is 0.330 e. The van der Waals surface area contributed by atoms with Crippen LogP contribution >= 0.6 is 12.6 Å². The lowest BCUT2D eigenvalue weighted by atomic mass is 9.84. The zero-order valence-electron chi connectivity index (χ0n) is 10.7. The minimum Gasteiger partial charge on any atom is -0.428 e. The van der Waals surface area contributed by atoms with Gasteiger partial charge in [-0.15, -0.1) is 0 Å². The normalized spacial score (nSPS) is 12.6. The second-order valence-corrected chi connectivity index (χ2v) is 6.33. The highest BCUT2D eigenvalue weighted by molar-refractivity contribution is 7.81. The van der Waals surface area contributed by atoms with Gasteiger partial charge in [0.05, 0.1) is 5.60 Å². The summed E-state index contributed by atoms with van der Waals surface area (Å²) in [6.07, 6.45) is 0. The van der Waals surface area contributed by atoms with Crippen molar-refractivity contribution in [3.63, 3.8) is 0 Å². The molecular weight excluding hydrogens is 215 g/mol. The summed E-state index contributed by atoms with van der Waals surface area (Å²) < 4.78 is 5.63. The third-order valence-electron chi connectivity index (χ3n) is 3.04. The molecule has 3 heteroatoms. The van der Waals surface area contributed by atoms with E-state index in [1.54, 1.807) is 7.48 Å². The highest BCUT2D eigenvalue weighted by Gasteiger charge is 2.34. The number of rotatable bonds is 4. The average molecular weight is 235 g/mol. The molecule has 0 spiro atoms. The fraction of sp³-hybridized carbons (Fsp3) is 0.538. The van der Waals surface area contributed by atoms with E-state index in [0.717, 1.165) is 5.46 Å². The molecule has 0 aliphatic heterocycles. The minimum atomic E-state index is -0.305. The molecule has 1 aromatic rings. The van der Waals surface area contributed by atoms with Gasteiger partial charge in [-0.05, 0) is 34.6 Å². The second kappa shape index (κ2) is 4.85. The summed E-state index contributed by atoms with van der Waals surface area (Å²) in [5.41, 5.74) is 2.03. The van der Waals surface area contributed by atoms with Crippen LogP contribution in [-0.2, 0) is 4.65 Å². The van der Waals surface area contributed by atoms with E-state index < -0.39 is 0 Å². The Balaban J connectivity index is 2.61. The van der Waals surface area contributed by atoms with Crippen molar-refractivity contribution in [2.75, 3.05) is 0 Å². The number of aryl methyl sites for hydroxylation is 1. The molecule has 0 fully saturated rings. The Kier molecular flexibility index (Phi) is 4.14. The van der Waals surface area contributed by atoms with Gasteiger partial charge in [0, 0.05) is 4.75 Å². The maximum Gasteiger partial charge on any atom is 0.330 e. The van der Waals surface area contributed by atoms with Crippen LogP contribution in [0.5, 0.6) is 0 Å². The molecule has 0 N–H and O–H groups in total. The summed E-state index contributed by atoms with van der Waals surface area (Å²) in [5.74, 6) is 0. The van der Waals surface area contributed by atoms with Crippen LogP contribution in [0.4, 0.5) is 0 Å². The van der Waals surface area contributed by atoms with Crippen LogP contribution in [0.1, 0.15) is 33.3 Å². The molecule has 0 aliphatic rings. The average Bonchev–Trinajstić information content (AvgIpc) is 2.15. The first-order chi connectivity index (χ1) is 7.22. The molecule has 1 aromatic carbocycles. The largest absolute Gasteiger partial charge is 0.428 e. The lowest BCUT2D eigenvalue weighted by molar-refractivity contribution is 0.0854. The van der Waals surface area contributed by atoms with E-state index in [1.165, 1.54) is 5.56 Å². The molecular formula is C13H20BOS. The first kappa shape index (κ1) is 13.7. The van der Waals surface area contributed by atoms with Gasteiger partial charge >= 0.3 is 7.48 Å². The molecule has 0 atom stereocenters. The standard InChI is InChI=1S/C13H20BOS/c1-10-6-8-11(9-7-10)14-15-12(2,3)13(4,5)16/h6-9,16H,1-5H3. The van der Waals surface area contributed by atoms with Crippen molar-refractivity contribution in [2.24, 2.45) is 0 Å². The lowest BCUT2D eigenvalue weighted by Crippen LogP contribution is -2.45. The van der Waals surface area contributed by atoms with Gasteiger partial charge in [-0.25, -0.2) is 0 Å². The molecule has 0 amide bonds. The van der Waals surface area contributed by atoms with E-state index in [1.807, 2.05) is 13.8 Å². The summed E-state index contributed by atoms with van der Waals surface area (Å²) in [5, 5.41) is 0. The number of hydrogen-bond donors (Lipinski definition) is 1. The van der Waals surface area contributed by atoms with Gasteiger partial charge in [0.2, 0.25) is 0 Å². The fourth-order valence-corrected chi connectivity index (χ4v) is 1.06. The summed E-state index contributed by atoms with van der Waals surface area (Å²) >= 11 is 4.55. The van der Waals surface area contributed by atoms with Crippen molar-refractivity contribution in [1.29, 1.82) is 0 Å². The van der Waals surface area contributed by atoms with Gasteiger partial charge in [-0.1, -0.05) is 35.3 Å². The van der Waals surface area contributed by atoms with Gasteiger partial charge in [-0.3, -0.25) is 0 Å². The molecule has 1 nitrogen and oxygen atoms in total. The third-order valence-corrected chi connectivity index (χ3v) is 3.58. The molecule has 0 aliphatic carbocycles. The van der Waals surface area contributed by atoms with Crippen molar-refractivity contribution in [3.05, 3.63) is 29.8 Å². The van der Waals surface area contributed by atoms with E-state index in [-0.39, 0.29) is 10.3 Å². The quantitative estimate of drug-likeness (QED) is 0.623. The maximum absolute atomic E-state index is 5.82. The van der Waals surface area contributed by atoms with Crippen LogP contribution in [0, 0.1) is 6.92 Å². The summed E-state index contributed by atoms with van der Waals surface area (Å²) in [7, 11) is 1.80. The van der Waals surface area contributed by atoms with Crippen LogP contribution in [0.25, 0.3) is 0 Å². The third kappa shape index (κ3) is 3.57. The second-order valence-electron chi connectivity index (χ2n) is 5.22. The molecule has 0 saturated carbocycles. The summed E-state index contributed by atoms with van der Waals surface area (Å²) in [6.45, 7) is 10.3. The lowest BCUT2D eigenvalue weighted by Gasteiger charge is -2.38. The summed E-state index contributed by atoms with van der Waals surface area (Å²) in [6, 6.07) is 8.26. The Morgan fingerprint density at radius 1 is 1.06 bits per heavy atom. The number of benzene rings is 1. The zero-order chi connectivity index (χ0) is 12.4. The van der Waals surface area contributed by atoms with Crippen molar-refractivity contribution in [1.82, 2.24) is 0 Å². The molecule has 87 valence electrons. The predicted octanol–water partition coefficient (Wildman–Crippen LogP) is 2.74. The highest BCUT2D eigenvalue weighted by Crippen LogP contribution is 2.30. The van der Waals surface area contributed by atoms with E-state index >= 15 is 0 Å². The van der Waals surface area contributed by atoms with E-state index in [4.69, 9.17) is 4.65 Å². The fourth-order valence-electron chi connectivity index (χ4n) is 1.00. The molecule has 0 heterocycles. The van der Waals surface area contributed by atoms with Crippen LogP contribution in [0.15, 0.2) is 24.3 Å². The van der Waals surface area contributed by atoms with Crippen molar-refractivity contribution in [3.8, 4) is 0 Å². The molecule has 0 unspecified atom stereocenters. The van der Waals surface area contributed by atoms with Crippen molar-refractivity contribution >= 4 is 25.6 Å². The SMILES string of the molecule is Cc1ccc([B]OC(C)(C)C(C)(C)S)cc1. The maximum atomic E-state index is 5.82. The van der Waals surface area contributed by atoms with Gasteiger partial charge < -0.3 is 4.65 Å². The van der Waals surface area contributed by atoms with Gasteiger partial charge in [-0.2, -0.15) is 12.6 Å². The van der Waals surface area contributed by atoms with Gasteiger partial charge in [0.15, 0.2) is 0 Å². The Bertz CT molecular complexity index is 338. The Morgan fingerprint density at radius 2 is 1.56 bits per heavy atom. The molecule has 1 rings (SSSR count). The van der Waals surface area contributed by atoms with Gasteiger partial charge in [0.1, 0.15) is 0 Å². The van der Waals surface area contributed by atoms with E-state index in [2.05, 4.69) is 57.7 Å². The molecule has 16 heavy (non-hydrogen) atoms. The molecule has 1 radical (unpaired) electrons. The topological polar surface area (TPSA) is 9.23 Å².